The summed E-state index contributed by atoms with van der Waals surface area (Å²) in [7, 11) is 1.50. The Labute approximate surface area is 135 Å². The maximum atomic E-state index is 12.5. The number of carbonyl (C=O) groups is 1. The summed E-state index contributed by atoms with van der Waals surface area (Å²) < 4.78 is 47.7. The lowest BCUT2D eigenvalue weighted by molar-refractivity contribution is -0.157. The van der Waals surface area contributed by atoms with Gasteiger partial charge in [0.25, 0.3) is 0 Å². The number of nitrogens with zero attached hydrogens (tertiary/aromatic N) is 3. The monoisotopic (exact) mass is 341 g/mol. The highest BCUT2D eigenvalue weighted by atomic mass is 19.4. The molecule has 1 aliphatic heterocycles. The van der Waals surface area contributed by atoms with E-state index >= 15 is 0 Å². The molecule has 0 radical (unpaired) electrons. The average Bonchev–Trinajstić information content (AvgIpc) is 3.13. The van der Waals surface area contributed by atoms with Crippen molar-refractivity contribution in [2.24, 2.45) is 0 Å². The van der Waals surface area contributed by atoms with Crippen LogP contribution in [-0.2, 0) is 4.79 Å². The molecule has 1 saturated heterocycles. The molecule has 1 amide bonds. The van der Waals surface area contributed by atoms with Gasteiger partial charge in [-0.15, -0.1) is 0 Å². The van der Waals surface area contributed by atoms with Crippen molar-refractivity contribution in [1.82, 2.24) is 15.0 Å². The molecule has 2 heterocycles. The lowest BCUT2D eigenvalue weighted by atomic mass is 10.1. The Balaban J connectivity index is 1.78. The second kappa shape index (κ2) is 6.14. The van der Waals surface area contributed by atoms with Crippen molar-refractivity contribution >= 4 is 5.91 Å². The molecule has 9 heteroatoms. The fraction of sp³-hybridized carbons (Fsp3) is 0.400. The van der Waals surface area contributed by atoms with Crippen LogP contribution in [0.3, 0.4) is 0 Å². The number of likely N-dealkylation sites (tertiary alicyclic amines) is 1. The van der Waals surface area contributed by atoms with Crippen LogP contribution in [0.4, 0.5) is 13.2 Å². The van der Waals surface area contributed by atoms with Crippen LogP contribution in [0.5, 0.6) is 5.75 Å². The van der Waals surface area contributed by atoms with Crippen molar-refractivity contribution in [3.63, 3.8) is 0 Å². The Morgan fingerprint density at radius 3 is 2.83 bits per heavy atom. The van der Waals surface area contributed by atoms with E-state index in [2.05, 4.69) is 10.1 Å². The van der Waals surface area contributed by atoms with Crippen LogP contribution >= 0.6 is 0 Å². The minimum absolute atomic E-state index is 0.0797. The zero-order valence-electron chi connectivity index (χ0n) is 12.7. The number of methoxy groups -OCH3 is 1. The normalized spacial score (nSPS) is 18.2. The molecule has 0 N–H and O–H groups in total. The SMILES string of the molecule is COc1ccccc1-c1noc([C@@H]2CC(=O)N(CC(F)(F)F)C2)n1. The van der Waals surface area contributed by atoms with Gasteiger partial charge >= 0.3 is 6.18 Å². The quantitative estimate of drug-likeness (QED) is 0.855. The Kier molecular flexibility index (Phi) is 4.16. The zero-order chi connectivity index (χ0) is 17.3. The van der Waals surface area contributed by atoms with E-state index in [0.29, 0.717) is 11.3 Å². The highest BCUT2D eigenvalue weighted by Gasteiger charge is 2.40. The molecule has 6 nitrogen and oxygen atoms in total. The molecule has 0 unspecified atom stereocenters. The predicted octanol–water partition coefficient (Wildman–Crippen LogP) is 2.62. The summed E-state index contributed by atoms with van der Waals surface area (Å²) in [6.45, 7) is -1.36. The van der Waals surface area contributed by atoms with Crippen LogP contribution in [0, 0.1) is 0 Å². The smallest absolute Gasteiger partial charge is 0.406 e. The van der Waals surface area contributed by atoms with E-state index in [1.807, 2.05) is 0 Å². The van der Waals surface area contributed by atoms with Crippen molar-refractivity contribution in [1.29, 1.82) is 0 Å². The lowest BCUT2D eigenvalue weighted by Crippen LogP contribution is -2.35. The van der Waals surface area contributed by atoms with Gasteiger partial charge in [-0.3, -0.25) is 4.79 Å². The van der Waals surface area contributed by atoms with Crippen LogP contribution < -0.4 is 4.74 Å². The molecule has 1 atom stereocenters. The van der Waals surface area contributed by atoms with Gasteiger partial charge in [0, 0.05) is 13.0 Å². The number of hydrogen-bond acceptors (Lipinski definition) is 5. The topological polar surface area (TPSA) is 68.5 Å². The third-order valence-electron chi connectivity index (χ3n) is 3.72. The molecule has 0 saturated carbocycles. The third-order valence-corrected chi connectivity index (χ3v) is 3.72. The van der Waals surface area contributed by atoms with E-state index in [0.717, 1.165) is 4.90 Å². The van der Waals surface area contributed by atoms with Crippen LogP contribution in [-0.4, -0.2) is 47.3 Å². The minimum Gasteiger partial charge on any atom is -0.496 e. The van der Waals surface area contributed by atoms with Gasteiger partial charge in [-0.1, -0.05) is 17.3 Å². The van der Waals surface area contributed by atoms with Crippen molar-refractivity contribution in [3.8, 4) is 17.1 Å². The Morgan fingerprint density at radius 2 is 2.12 bits per heavy atom. The maximum Gasteiger partial charge on any atom is 0.406 e. The maximum absolute atomic E-state index is 12.5. The molecule has 2 aromatic rings. The van der Waals surface area contributed by atoms with Crippen LogP contribution in [0.1, 0.15) is 18.2 Å². The van der Waals surface area contributed by atoms with E-state index in [1.54, 1.807) is 24.3 Å². The molecule has 0 spiro atoms. The molecule has 0 aliphatic carbocycles. The number of rotatable bonds is 4. The van der Waals surface area contributed by atoms with Gasteiger partial charge in [0.05, 0.1) is 18.6 Å². The van der Waals surface area contributed by atoms with Crippen molar-refractivity contribution < 1.29 is 27.2 Å². The minimum atomic E-state index is -4.43. The first-order valence-corrected chi connectivity index (χ1v) is 7.19. The standard InChI is InChI=1S/C15H14F3N3O3/c1-23-11-5-3-2-4-10(11)13-19-14(24-20-13)9-6-12(22)21(7-9)8-15(16,17)18/h2-5,9H,6-8H2,1H3/t9-/m1/s1. The summed E-state index contributed by atoms with van der Waals surface area (Å²) in [6.07, 6.45) is -4.51. The lowest BCUT2D eigenvalue weighted by Gasteiger charge is -2.17. The first kappa shape index (κ1) is 16.3. The highest BCUT2D eigenvalue weighted by molar-refractivity contribution is 5.79. The molecule has 1 aromatic heterocycles. The Hall–Kier alpha value is -2.58. The molecule has 0 bridgehead atoms. The first-order valence-electron chi connectivity index (χ1n) is 7.19. The molecule has 1 aliphatic rings. The zero-order valence-corrected chi connectivity index (χ0v) is 12.7. The summed E-state index contributed by atoms with van der Waals surface area (Å²) >= 11 is 0. The number of alkyl halides is 3. The second-order valence-corrected chi connectivity index (χ2v) is 5.45. The predicted molar refractivity (Wildman–Crippen MR) is 76.3 cm³/mol. The summed E-state index contributed by atoms with van der Waals surface area (Å²) in [4.78, 5) is 16.7. The molecule has 3 rings (SSSR count). The molecule has 24 heavy (non-hydrogen) atoms. The van der Waals surface area contributed by atoms with Gasteiger partial charge in [-0.25, -0.2) is 0 Å². The summed E-state index contributed by atoms with van der Waals surface area (Å²) in [5.41, 5.74) is 0.603. The highest BCUT2D eigenvalue weighted by Crippen LogP contribution is 2.32. The van der Waals surface area contributed by atoms with Crippen molar-refractivity contribution in [2.45, 2.75) is 18.5 Å². The number of amides is 1. The third kappa shape index (κ3) is 3.34. The number of carbonyl (C=O) groups excluding carboxylic acids is 1. The summed E-state index contributed by atoms with van der Waals surface area (Å²) in [5.74, 6) is -0.158. The van der Waals surface area contributed by atoms with Gasteiger partial charge in [-0.2, -0.15) is 18.2 Å². The molecule has 1 aromatic carbocycles. The largest absolute Gasteiger partial charge is 0.496 e. The van der Waals surface area contributed by atoms with E-state index in [4.69, 9.17) is 9.26 Å². The van der Waals surface area contributed by atoms with E-state index in [-0.39, 0.29) is 24.7 Å². The fourth-order valence-electron chi connectivity index (χ4n) is 2.65. The van der Waals surface area contributed by atoms with Gasteiger partial charge in [0.1, 0.15) is 12.3 Å². The number of halogens is 3. The van der Waals surface area contributed by atoms with E-state index in [1.165, 1.54) is 7.11 Å². The van der Waals surface area contributed by atoms with Crippen LogP contribution in [0.15, 0.2) is 28.8 Å². The summed E-state index contributed by atoms with van der Waals surface area (Å²) in [5, 5.41) is 3.85. The second-order valence-electron chi connectivity index (χ2n) is 5.45. The Bertz CT molecular complexity index is 745. The number of hydrogen-bond donors (Lipinski definition) is 0. The van der Waals surface area contributed by atoms with Gasteiger partial charge in [0.15, 0.2) is 0 Å². The van der Waals surface area contributed by atoms with E-state index in [9.17, 15) is 18.0 Å². The Morgan fingerprint density at radius 1 is 1.38 bits per heavy atom. The number of ether oxygens (including phenoxy) is 1. The number of para-hydroxylation sites is 1. The van der Waals surface area contributed by atoms with Gasteiger partial charge < -0.3 is 14.2 Å². The molecule has 1 fully saturated rings. The van der Waals surface area contributed by atoms with Gasteiger partial charge in [-0.05, 0) is 12.1 Å². The molecular formula is C15H14F3N3O3. The van der Waals surface area contributed by atoms with E-state index < -0.39 is 24.5 Å². The number of aromatic nitrogens is 2. The molecular weight excluding hydrogens is 327 g/mol. The van der Waals surface area contributed by atoms with Crippen LogP contribution in [0.2, 0.25) is 0 Å². The average molecular weight is 341 g/mol. The molecule has 128 valence electrons. The van der Waals surface area contributed by atoms with Crippen LogP contribution in [0.25, 0.3) is 11.4 Å². The summed E-state index contributed by atoms with van der Waals surface area (Å²) in [6, 6.07) is 7.03. The fourth-order valence-corrected chi connectivity index (χ4v) is 2.65. The van der Waals surface area contributed by atoms with Crippen molar-refractivity contribution in [3.05, 3.63) is 30.2 Å². The van der Waals surface area contributed by atoms with Crippen molar-refractivity contribution in [2.75, 3.05) is 20.2 Å². The number of benzene rings is 1. The first-order chi connectivity index (χ1) is 11.4. The van der Waals surface area contributed by atoms with Gasteiger partial charge in [0.2, 0.25) is 17.6 Å².